The monoisotopic (exact) mass is 261 g/mol. The summed E-state index contributed by atoms with van der Waals surface area (Å²) in [6.45, 7) is 0.855. The Balaban J connectivity index is 1.62. The first-order valence-corrected chi connectivity index (χ1v) is 8.11. The normalized spacial score (nSPS) is 28.9. The zero-order chi connectivity index (χ0) is 13.1. The van der Waals surface area contributed by atoms with Gasteiger partial charge >= 0.3 is 0 Å². The molecule has 2 fully saturated rings. The average Bonchev–Trinajstić information content (AvgIpc) is 3.09. The lowest BCUT2D eigenvalue weighted by Crippen LogP contribution is -2.28. The van der Waals surface area contributed by atoms with Crippen LogP contribution in [0.5, 0.6) is 0 Å². The first kappa shape index (κ1) is 13.2. The van der Waals surface area contributed by atoms with Crippen LogP contribution in [0.1, 0.15) is 63.1 Å². The number of nitrogens with two attached hydrogens (primary N) is 1. The van der Waals surface area contributed by atoms with E-state index >= 15 is 0 Å². The van der Waals surface area contributed by atoms with E-state index in [1.807, 2.05) is 0 Å². The molecule has 2 unspecified atom stereocenters. The third-order valence-corrected chi connectivity index (χ3v) is 5.20. The number of rotatable bonds is 4. The molecule has 1 aromatic rings. The van der Waals surface area contributed by atoms with Gasteiger partial charge in [0, 0.05) is 6.20 Å². The largest absolute Gasteiger partial charge is 0.330 e. The van der Waals surface area contributed by atoms with Crippen LogP contribution in [-0.2, 0) is 6.42 Å². The Morgan fingerprint density at radius 2 is 1.74 bits per heavy atom. The molecule has 1 aromatic heterocycles. The molecule has 2 saturated carbocycles. The summed E-state index contributed by atoms with van der Waals surface area (Å²) >= 11 is 0. The van der Waals surface area contributed by atoms with Crippen molar-refractivity contribution in [3.8, 4) is 0 Å². The van der Waals surface area contributed by atoms with Gasteiger partial charge in [-0.05, 0) is 56.6 Å². The fraction of sp³-hybridized carbons (Fsp3) is 0.812. The maximum atomic E-state index is 5.93. The molecule has 2 N–H and O–H groups in total. The molecule has 0 spiro atoms. The topological polar surface area (TPSA) is 43.8 Å². The fourth-order valence-corrected chi connectivity index (χ4v) is 3.99. The molecule has 0 radical (unpaired) electrons. The van der Waals surface area contributed by atoms with Crippen LogP contribution in [0.2, 0.25) is 0 Å². The molecule has 2 atom stereocenters. The molecule has 0 saturated heterocycles. The van der Waals surface area contributed by atoms with Gasteiger partial charge in [-0.3, -0.25) is 4.68 Å². The highest BCUT2D eigenvalue weighted by Crippen LogP contribution is 2.32. The zero-order valence-corrected chi connectivity index (χ0v) is 11.9. The second kappa shape index (κ2) is 6.08. The van der Waals surface area contributed by atoms with Gasteiger partial charge < -0.3 is 5.73 Å². The average molecular weight is 261 g/mol. The Kier molecular flexibility index (Phi) is 4.21. The number of aromatic nitrogens is 2. The van der Waals surface area contributed by atoms with Crippen molar-refractivity contribution in [1.82, 2.24) is 9.78 Å². The summed E-state index contributed by atoms with van der Waals surface area (Å²) in [5, 5.41) is 4.83. The smallest absolute Gasteiger partial charge is 0.0627 e. The van der Waals surface area contributed by atoms with Gasteiger partial charge in [-0.15, -0.1) is 0 Å². The first-order chi connectivity index (χ1) is 9.36. The van der Waals surface area contributed by atoms with Crippen molar-refractivity contribution in [2.45, 2.75) is 63.8 Å². The fourth-order valence-electron chi connectivity index (χ4n) is 3.99. The highest BCUT2D eigenvalue weighted by molar-refractivity contribution is 5.02. The highest BCUT2D eigenvalue weighted by atomic mass is 15.3. The molecule has 2 aliphatic carbocycles. The third-order valence-electron chi connectivity index (χ3n) is 5.20. The number of nitrogens with zero attached hydrogens (tertiary/aromatic N) is 2. The van der Waals surface area contributed by atoms with Crippen LogP contribution >= 0.6 is 0 Å². The molecule has 3 heteroatoms. The van der Waals surface area contributed by atoms with Crippen LogP contribution in [0.3, 0.4) is 0 Å². The van der Waals surface area contributed by atoms with E-state index in [9.17, 15) is 0 Å². The summed E-state index contributed by atoms with van der Waals surface area (Å²) in [6, 6.07) is 2.91. The quantitative estimate of drug-likeness (QED) is 0.903. The molecule has 1 heterocycles. The first-order valence-electron chi connectivity index (χ1n) is 8.11. The lowest BCUT2D eigenvalue weighted by atomic mass is 9.77. The minimum atomic E-state index is 0.672. The van der Waals surface area contributed by atoms with Gasteiger partial charge in [0.1, 0.15) is 0 Å². The summed E-state index contributed by atoms with van der Waals surface area (Å²) < 4.78 is 2.22. The minimum absolute atomic E-state index is 0.672. The van der Waals surface area contributed by atoms with Gasteiger partial charge in [0.15, 0.2) is 0 Å². The second-order valence-electron chi connectivity index (χ2n) is 6.47. The van der Waals surface area contributed by atoms with E-state index in [1.54, 1.807) is 0 Å². The molecule has 0 aliphatic heterocycles. The van der Waals surface area contributed by atoms with Gasteiger partial charge in [0.25, 0.3) is 0 Å². The van der Waals surface area contributed by atoms with Crippen LogP contribution in [0.4, 0.5) is 0 Å². The summed E-state index contributed by atoms with van der Waals surface area (Å²) in [4.78, 5) is 0. The number of hydrogen-bond donors (Lipinski definition) is 1. The SMILES string of the molecule is NCC1CCCCC1Cc1ccn(C2CCCC2)n1. The Hall–Kier alpha value is -0.830. The van der Waals surface area contributed by atoms with Crippen molar-refractivity contribution >= 4 is 0 Å². The Morgan fingerprint density at radius 3 is 2.47 bits per heavy atom. The lowest BCUT2D eigenvalue weighted by Gasteiger charge is -2.30. The van der Waals surface area contributed by atoms with Crippen molar-refractivity contribution in [2.24, 2.45) is 17.6 Å². The molecular formula is C16H27N3. The van der Waals surface area contributed by atoms with Crippen molar-refractivity contribution in [3.63, 3.8) is 0 Å². The van der Waals surface area contributed by atoms with E-state index in [2.05, 4.69) is 16.9 Å². The molecular weight excluding hydrogens is 234 g/mol. The molecule has 0 bridgehead atoms. The molecule has 0 aromatic carbocycles. The summed E-state index contributed by atoms with van der Waals surface area (Å²) in [7, 11) is 0. The zero-order valence-electron chi connectivity index (χ0n) is 11.9. The standard InChI is InChI=1S/C16H27N3/c17-12-14-6-2-1-5-13(14)11-15-9-10-19(18-15)16-7-3-4-8-16/h9-10,13-14,16H,1-8,11-12,17H2. The van der Waals surface area contributed by atoms with E-state index in [0.29, 0.717) is 6.04 Å². The summed E-state index contributed by atoms with van der Waals surface area (Å²) in [5.74, 6) is 1.50. The van der Waals surface area contributed by atoms with Crippen molar-refractivity contribution in [3.05, 3.63) is 18.0 Å². The van der Waals surface area contributed by atoms with E-state index < -0.39 is 0 Å². The van der Waals surface area contributed by atoms with Crippen LogP contribution in [-0.4, -0.2) is 16.3 Å². The maximum absolute atomic E-state index is 5.93. The molecule has 3 rings (SSSR count). The third kappa shape index (κ3) is 3.02. The summed E-state index contributed by atoms with van der Waals surface area (Å²) in [6.07, 6.45) is 14.1. The van der Waals surface area contributed by atoms with Gasteiger partial charge in [-0.1, -0.05) is 25.7 Å². The van der Waals surface area contributed by atoms with Crippen molar-refractivity contribution in [1.29, 1.82) is 0 Å². The molecule has 3 nitrogen and oxygen atoms in total. The van der Waals surface area contributed by atoms with Crippen molar-refractivity contribution < 1.29 is 0 Å². The van der Waals surface area contributed by atoms with E-state index in [-0.39, 0.29) is 0 Å². The Morgan fingerprint density at radius 1 is 1.05 bits per heavy atom. The van der Waals surface area contributed by atoms with Crippen LogP contribution in [0, 0.1) is 11.8 Å². The minimum Gasteiger partial charge on any atom is -0.330 e. The molecule has 2 aliphatic rings. The lowest BCUT2D eigenvalue weighted by molar-refractivity contribution is 0.240. The molecule has 106 valence electrons. The van der Waals surface area contributed by atoms with Crippen LogP contribution in [0.15, 0.2) is 12.3 Å². The predicted octanol–water partition coefficient (Wildman–Crippen LogP) is 3.31. The van der Waals surface area contributed by atoms with Crippen LogP contribution in [0.25, 0.3) is 0 Å². The highest BCUT2D eigenvalue weighted by Gasteiger charge is 2.25. The predicted molar refractivity (Wildman–Crippen MR) is 77.9 cm³/mol. The summed E-state index contributed by atoms with van der Waals surface area (Å²) in [5.41, 5.74) is 7.22. The van der Waals surface area contributed by atoms with E-state index in [1.165, 1.54) is 57.1 Å². The van der Waals surface area contributed by atoms with E-state index in [0.717, 1.165) is 24.8 Å². The Labute approximate surface area is 116 Å². The maximum Gasteiger partial charge on any atom is 0.0627 e. The number of hydrogen-bond acceptors (Lipinski definition) is 2. The van der Waals surface area contributed by atoms with Crippen LogP contribution < -0.4 is 5.73 Å². The van der Waals surface area contributed by atoms with Gasteiger partial charge in [-0.25, -0.2) is 0 Å². The van der Waals surface area contributed by atoms with Gasteiger partial charge in [-0.2, -0.15) is 5.10 Å². The van der Waals surface area contributed by atoms with Gasteiger partial charge in [0.2, 0.25) is 0 Å². The van der Waals surface area contributed by atoms with Gasteiger partial charge in [0.05, 0.1) is 11.7 Å². The molecule has 0 amide bonds. The van der Waals surface area contributed by atoms with E-state index in [4.69, 9.17) is 10.8 Å². The Bertz CT molecular complexity index is 392. The van der Waals surface area contributed by atoms with Crippen molar-refractivity contribution in [2.75, 3.05) is 6.54 Å². The molecule has 19 heavy (non-hydrogen) atoms. The second-order valence-corrected chi connectivity index (χ2v) is 6.47.